The molecule has 3 fully saturated rings. The number of nitrogens with zero attached hydrogens (tertiary/aromatic N) is 1. The van der Waals surface area contributed by atoms with E-state index in [0.29, 0.717) is 0 Å². The van der Waals surface area contributed by atoms with Crippen LogP contribution in [0.3, 0.4) is 0 Å². The van der Waals surface area contributed by atoms with Crippen LogP contribution in [0.25, 0.3) is 0 Å². The van der Waals surface area contributed by atoms with E-state index in [9.17, 15) is 0 Å². The summed E-state index contributed by atoms with van der Waals surface area (Å²) in [5.74, 6) is 4.89. The Morgan fingerprint density at radius 3 is 2.00 bits per heavy atom. The predicted octanol–water partition coefficient (Wildman–Crippen LogP) is 4.12. The van der Waals surface area contributed by atoms with Gasteiger partial charge in [0.15, 0.2) is 0 Å². The Morgan fingerprint density at radius 1 is 0.833 bits per heavy atom. The first-order valence-electron chi connectivity index (χ1n) is 8.30. The van der Waals surface area contributed by atoms with Crippen molar-refractivity contribution < 1.29 is 0 Å². The van der Waals surface area contributed by atoms with E-state index in [1.54, 1.807) is 5.57 Å². The lowest BCUT2D eigenvalue weighted by Gasteiger charge is -2.49. The molecule has 0 aromatic carbocycles. The maximum absolute atomic E-state index is 4.77. The van der Waals surface area contributed by atoms with Gasteiger partial charge in [0.25, 0.3) is 0 Å². The molecule has 3 aliphatic carbocycles. The van der Waals surface area contributed by atoms with Gasteiger partial charge in [-0.2, -0.15) is 0 Å². The van der Waals surface area contributed by atoms with E-state index in [0.717, 1.165) is 36.1 Å². The minimum absolute atomic E-state index is 0.933. The number of allylic oxidation sites excluding steroid dienone is 1. The second-order valence-electron chi connectivity index (χ2n) is 7.19. The lowest BCUT2D eigenvalue weighted by atomic mass is 9.57. The summed E-state index contributed by atoms with van der Waals surface area (Å²) >= 11 is 0. The van der Waals surface area contributed by atoms with Crippen LogP contribution in [0, 0.1) is 29.6 Å². The second-order valence-corrected chi connectivity index (χ2v) is 7.19. The smallest absolute Gasteiger partial charge is 0.0426 e. The highest BCUT2D eigenvalue weighted by molar-refractivity contribution is 5.20. The van der Waals surface area contributed by atoms with Gasteiger partial charge in [-0.1, -0.05) is 32.1 Å². The van der Waals surface area contributed by atoms with Gasteiger partial charge in [0.2, 0.25) is 0 Å². The van der Waals surface area contributed by atoms with E-state index in [4.69, 9.17) is 5.32 Å². The molecule has 2 atom stereocenters. The molecule has 0 saturated heterocycles. The molecule has 1 nitrogen and oxygen atoms in total. The lowest BCUT2D eigenvalue weighted by molar-refractivity contribution is 0.0718. The lowest BCUT2D eigenvalue weighted by Crippen LogP contribution is -2.44. The van der Waals surface area contributed by atoms with Crippen LogP contribution in [-0.4, -0.2) is 6.54 Å². The second kappa shape index (κ2) is 4.58. The van der Waals surface area contributed by atoms with E-state index in [2.05, 4.69) is 6.20 Å². The van der Waals surface area contributed by atoms with Crippen molar-refractivity contribution in [3.8, 4) is 0 Å². The molecule has 4 rings (SSSR count). The molecule has 3 saturated carbocycles. The fraction of sp³-hybridized carbons (Fsp3) is 0.882. The van der Waals surface area contributed by atoms with Gasteiger partial charge in [-0.25, -0.2) is 0 Å². The van der Waals surface area contributed by atoms with Crippen molar-refractivity contribution in [3.63, 3.8) is 0 Å². The zero-order chi connectivity index (χ0) is 11.9. The van der Waals surface area contributed by atoms with Crippen molar-refractivity contribution in [3.05, 3.63) is 11.8 Å². The Bertz CT molecular complexity index is 334. The maximum atomic E-state index is 4.77. The SMILES string of the molecule is C1=C(C2CCC2)C(C2CCC2)C(C2CCC2)C[N]1. The van der Waals surface area contributed by atoms with Gasteiger partial charge < -0.3 is 0 Å². The van der Waals surface area contributed by atoms with E-state index in [-0.39, 0.29) is 0 Å². The van der Waals surface area contributed by atoms with Crippen LogP contribution in [0.15, 0.2) is 11.8 Å². The van der Waals surface area contributed by atoms with Crippen molar-refractivity contribution in [1.82, 2.24) is 5.32 Å². The summed E-state index contributed by atoms with van der Waals surface area (Å²) in [7, 11) is 0. The van der Waals surface area contributed by atoms with Crippen LogP contribution in [-0.2, 0) is 0 Å². The van der Waals surface area contributed by atoms with Gasteiger partial charge in [0.1, 0.15) is 0 Å². The monoisotopic (exact) mass is 244 g/mol. The summed E-state index contributed by atoms with van der Waals surface area (Å²) < 4.78 is 0. The Labute approximate surface area is 111 Å². The van der Waals surface area contributed by atoms with Gasteiger partial charge in [0, 0.05) is 12.7 Å². The summed E-state index contributed by atoms with van der Waals surface area (Å²) in [6.45, 7) is 1.15. The standard InChI is InChI=1S/C17H26N/c1-4-12(5-1)15-10-18-11-16(13-6-2-7-13)17(15)14-8-3-9-14/h10,12-14,16-17H,1-9,11H2. The maximum Gasteiger partial charge on any atom is 0.0426 e. The molecule has 0 bridgehead atoms. The van der Waals surface area contributed by atoms with Crippen LogP contribution >= 0.6 is 0 Å². The molecule has 1 heteroatoms. The molecule has 2 unspecified atom stereocenters. The third kappa shape index (κ3) is 1.73. The van der Waals surface area contributed by atoms with E-state index in [1.807, 2.05) is 0 Å². The van der Waals surface area contributed by atoms with Crippen molar-refractivity contribution >= 4 is 0 Å². The minimum Gasteiger partial charge on any atom is -0.293 e. The molecular formula is C17H26N. The van der Waals surface area contributed by atoms with Crippen LogP contribution in [0.4, 0.5) is 0 Å². The molecule has 4 aliphatic rings. The predicted molar refractivity (Wildman–Crippen MR) is 74.1 cm³/mol. The molecule has 0 N–H and O–H groups in total. The fourth-order valence-electron chi connectivity index (χ4n) is 4.58. The van der Waals surface area contributed by atoms with E-state index < -0.39 is 0 Å². The third-order valence-corrected chi connectivity index (χ3v) is 6.39. The molecule has 0 amide bonds. The van der Waals surface area contributed by atoms with Crippen molar-refractivity contribution in [2.75, 3.05) is 6.54 Å². The van der Waals surface area contributed by atoms with Crippen LogP contribution < -0.4 is 5.32 Å². The van der Waals surface area contributed by atoms with Crippen molar-refractivity contribution in [2.24, 2.45) is 29.6 Å². The van der Waals surface area contributed by atoms with Gasteiger partial charge in [-0.15, -0.1) is 0 Å². The van der Waals surface area contributed by atoms with E-state index in [1.165, 1.54) is 57.8 Å². The summed E-state index contributed by atoms with van der Waals surface area (Å²) in [5.41, 5.74) is 1.80. The van der Waals surface area contributed by atoms with Crippen LogP contribution in [0.2, 0.25) is 0 Å². The summed E-state index contributed by atoms with van der Waals surface area (Å²) in [6.07, 6.45) is 15.7. The number of rotatable bonds is 3. The van der Waals surface area contributed by atoms with Gasteiger partial charge >= 0.3 is 0 Å². The highest BCUT2D eigenvalue weighted by atomic mass is 14.9. The Kier molecular flexibility index (Phi) is 2.89. The molecule has 0 spiro atoms. The zero-order valence-electron chi connectivity index (χ0n) is 11.5. The quantitative estimate of drug-likeness (QED) is 0.709. The van der Waals surface area contributed by atoms with Crippen molar-refractivity contribution in [2.45, 2.75) is 57.8 Å². The molecule has 1 heterocycles. The first-order chi connectivity index (χ1) is 8.93. The first kappa shape index (κ1) is 11.4. The summed E-state index contributed by atoms with van der Waals surface area (Å²) in [5, 5.41) is 4.77. The number of hydrogen-bond acceptors (Lipinski definition) is 0. The largest absolute Gasteiger partial charge is 0.293 e. The average molecular weight is 244 g/mol. The minimum atomic E-state index is 0.933. The van der Waals surface area contributed by atoms with Crippen LogP contribution in [0.5, 0.6) is 0 Å². The molecule has 1 aliphatic heterocycles. The molecule has 1 radical (unpaired) electrons. The third-order valence-electron chi connectivity index (χ3n) is 6.39. The first-order valence-corrected chi connectivity index (χ1v) is 8.30. The Balaban J connectivity index is 1.57. The Hall–Kier alpha value is -0.460. The highest BCUT2D eigenvalue weighted by Gasteiger charge is 2.44. The highest BCUT2D eigenvalue weighted by Crippen LogP contribution is 2.52. The molecule has 18 heavy (non-hydrogen) atoms. The van der Waals surface area contributed by atoms with Gasteiger partial charge in [-0.05, 0) is 60.8 Å². The number of hydrogen-bond donors (Lipinski definition) is 0. The normalized spacial score (nSPS) is 38.1. The average Bonchev–Trinajstić information content (AvgIpc) is 2.14. The van der Waals surface area contributed by atoms with Crippen molar-refractivity contribution in [1.29, 1.82) is 0 Å². The van der Waals surface area contributed by atoms with Crippen LogP contribution in [0.1, 0.15) is 57.8 Å². The van der Waals surface area contributed by atoms with Gasteiger partial charge in [0.05, 0.1) is 0 Å². The zero-order valence-corrected chi connectivity index (χ0v) is 11.5. The fourth-order valence-corrected chi connectivity index (χ4v) is 4.58. The van der Waals surface area contributed by atoms with E-state index >= 15 is 0 Å². The molecule has 99 valence electrons. The molecule has 0 aromatic rings. The van der Waals surface area contributed by atoms with Gasteiger partial charge in [-0.3, -0.25) is 5.32 Å². The Morgan fingerprint density at radius 2 is 1.50 bits per heavy atom. The topological polar surface area (TPSA) is 14.1 Å². The molecular weight excluding hydrogens is 218 g/mol. The summed E-state index contributed by atoms with van der Waals surface area (Å²) in [6, 6.07) is 0. The summed E-state index contributed by atoms with van der Waals surface area (Å²) in [4.78, 5) is 0. The molecule has 0 aromatic heterocycles.